The number of nitrogens with two attached hydrogens (primary N) is 1. The van der Waals surface area contributed by atoms with Crippen molar-refractivity contribution in [2.75, 3.05) is 26.9 Å². The molecule has 0 aromatic rings. The van der Waals surface area contributed by atoms with Gasteiger partial charge < -0.3 is 20.1 Å². The zero-order valence-electron chi connectivity index (χ0n) is 10.4. The molecule has 2 aliphatic rings. The lowest BCUT2D eigenvalue weighted by Gasteiger charge is -2.38. The molecule has 0 aromatic carbocycles. The molecular formula is C12H22N2O3. The fourth-order valence-corrected chi connectivity index (χ4v) is 2.64. The van der Waals surface area contributed by atoms with Gasteiger partial charge in [-0.25, -0.2) is 0 Å². The first kappa shape index (κ1) is 12.8. The predicted octanol–water partition coefficient (Wildman–Crippen LogP) is 0.130. The molecule has 1 aliphatic heterocycles. The van der Waals surface area contributed by atoms with Crippen molar-refractivity contribution in [2.24, 2.45) is 5.73 Å². The SMILES string of the molecule is CN(C(=O)C1COCCO1)C1CCCCC1N. The van der Waals surface area contributed by atoms with Crippen LogP contribution in [0.2, 0.25) is 0 Å². The number of nitrogens with zero attached hydrogens (tertiary/aromatic N) is 1. The lowest BCUT2D eigenvalue weighted by molar-refractivity contribution is -0.159. The maximum atomic E-state index is 12.2. The fourth-order valence-electron chi connectivity index (χ4n) is 2.64. The molecule has 5 heteroatoms. The van der Waals surface area contributed by atoms with Crippen molar-refractivity contribution in [3.05, 3.63) is 0 Å². The smallest absolute Gasteiger partial charge is 0.254 e. The van der Waals surface area contributed by atoms with Gasteiger partial charge in [-0.3, -0.25) is 4.79 Å². The Bertz CT molecular complexity index is 266. The largest absolute Gasteiger partial charge is 0.376 e. The molecule has 2 rings (SSSR count). The molecule has 0 bridgehead atoms. The van der Waals surface area contributed by atoms with Gasteiger partial charge in [0.25, 0.3) is 5.91 Å². The fraction of sp³-hybridized carbons (Fsp3) is 0.917. The second kappa shape index (κ2) is 5.80. The number of ether oxygens (including phenoxy) is 2. The molecular weight excluding hydrogens is 220 g/mol. The van der Waals surface area contributed by atoms with E-state index in [1.165, 1.54) is 6.42 Å². The van der Waals surface area contributed by atoms with Crippen LogP contribution in [0, 0.1) is 0 Å². The average molecular weight is 242 g/mol. The number of hydrogen-bond donors (Lipinski definition) is 1. The van der Waals surface area contributed by atoms with Gasteiger partial charge in [-0.15, -0.1) is 0 Å². The Morgan fingerprint density at radius 1 is 1.29 bits per heavy atom. The van der Waals surface area contributed by atoms with Crippen LogP contribution < -0.4 is 5.73 Å². The van der Waals surface area contributed by atoms with Crippen molar-refractivity contribution in [2.45, 2.75) is 43.9 Å². The topological polar surface area (TPSA) is 64.8 Å². The van der Waals surface area contributed by atoms with E-state index in [-0.39, 0.29) is 18.0 Å². The summed E-state index contributed by atoms with van der Waals surface area (Å²) in [5, 5.41) is 0. The molecule has 1 aliphatic carbocycles. The zero-order chi connectivity index (χ0) is 12.3. The summed E-state index contributed by atoms with van der Waals surface area (Å²) in [4.78, 5) is 14.0. The minimum atomic E-state index is -0.442. The van der Waals surface area contributed by atoms with E-state index in [0.717, 1.165) is 19.3 Å². The highest BCUT2D eigenvalue weighted by atomic mass is 16.6. The standard InChI is InChI=1S/C12H22N2O3/c1-14(10-5-3-2-4-9(10)13)12(15)11-8-16-6-7-17-11/h9-11H,2-8,13H2,1H3. The van der Waals surface area contributed by atoms with E-state index in [9.17, 15) is 4.79 Å². The van der Waals surface area contributed by atoms with Crippen LogP contribution in [0.4, 0.5) is 0 Å². The van der Waals surface area contributed by atoms with Crippen molar-refractivity contribution >= 4 is 5.91 Å². The first-order valence-electron chi connectivity index (χ1n) is 6.41. The van der Waals surface area contributed by atoms with Gasteiger partial charge in [0.1, 0.15) is 0 Å². The molecule has 3 unspecified atom stereocenters. The predicted molar refractivity (Wildman–Crippen MR) is 63.6 cm³/mol. The van der Waals surface area contributed by atoms with Gasteiger partial charge in [0.05, 0.1) is 19.8 Å². The first-order valence-corrected chi connectivity index (χ1v) is 6.41. The zero-order valence-corrected chi connectivity index (χ0v) is 10.4. The first-order chi connectivity index (χ1) is 8.20. The van der Waals surface area contributed by atoms with Crippen molar-refractivity contribution in [3.63, 3.8) is 0 Å². The van der Waals surface area contributed by atoms with E-state index in [1.54, 1.807) is 4.90 Å². The van der Waals surface area contributed by atoms with Crippen LogP contribution in [0.5, 0.6) is 0 Å². The van der Waals surface area contributed by atoms with Crippen LogP contribution in [0.15, 0.2) is 0 Å². The Kier molecular flexibility index (Phi) is 4.36. The monoisotopic (exact) mass is 242 g/mol. The Hall–Kier alpha value is -0.650. The number of carbonyl (C=O) groups is 1. The summed E-state index contributed by atoms with van der Waals surface area (Å²) in [6.45, 7) is 1.45. The Morgan fingerprint density at radius 3 is 2.71 bits per heavy atom. The summed E-state index contributed by atoms with van der Waals surface area (Å²) in [7, 11) is 1.83. The average Bonchev–Trinajstić information content (AvgIpc) is 2.39. The summed E-state index contributed by atoms with van der Waals surface area (Å²) in [5.74, 6) is 0.00653. The van der Waals surface area contributed by atoms with E-state index in [2.05, 4.69) is 0 Å². The van der Waals surface area contributed by atoms with Crippen LogP contribution in [0.25, 0.3) is 0 Å². The molecule has 5 nitrogen and oxygen atoms in total. The molecule has 3 atom stereocenters. The van der Waals surface area contributed by atoms with E-state index in [1.807, 2.05) is 7.05 Å². The molecule has 0 radical (unpaired) electrons. The Labute approximate surface area is 102 Å². The summed E-state index contributed by atoms with van der Waals surface area (Å²) in [6, 6.07) is 0.254. The summed E-state index contributed by atoms with van der Waals surface area (Å²) in [5.41, 5.74) is 6.08. The Balaban J connectivity index is 1.92. The van der Waals surface area contributed by atoms with E-state index in [4.69, 9.17) is 15.2 Å². The van der Waals surface area contributed by atoms with Gasteiger partial charge in [-0.2, -0.15) is 0 Å². The third-order valence-electron chi connectivity index (χ3n) is 3.72. The Morgan fingerprint density at radius 2 is 2.06 bits per heavy atom. The minimum absolute atomic E-state index is 0.00653. The highest BCUT2D eigenvalue weighted by Gasteiger charge is 2.33. The maximum absolute atomic E-state index is 12.2. The highest BCUT2D eigenvalue weighted by molar-refractivity contribution is 5.81. The molecule has 1 saturated heterocycles. The van der Waals surface area contributed by atoms with Crippen molar-refractivity contribution < 1.29 is 14.3 Å². The van der Waals surface area contributed by atoms with E-state index < -0.39 is 6.10 Å². The molecule has 17 heavy (non-hydrogen) atoms. The van der Waals surface area contributed by atoms with E-state index >= 15 is 0 Å². The van der Waals surface area contributed by atoms with Gasteiger partial charge in [-0.1, -0.05) is 12.8 Å². The highest BCUT2D eigenvalue weighted by Crippen LogP contribution is 2.22. The molecule has 98 valence electrons. The van der Waals surface area contributed by atoms with Gasteiger partial charge in [0.15, 0.2) is 6.10 Å². The van der Waals surface area contributed by atoms with Crippen LogP contribution in [-0.2, 0) is 14.3 Å². The second-order valence-electron chi connectivity index (χ2n) is 4.90. The molecule has 2 fully saturated rings. The number of likely N-dealkylation sites (N-methyl/N-ethyl adjacent to an activating group) is 1. The van der Waals surface area contributed by atoms with Gasteiger partial charge >= 0.3 is 0 Å². The minimum Gasteiger partial charge on any atom is -0.376 e. The summed E-state index contributed by atoms with van der Waals surface area (Å²) >= 11 is 0. The summed E-state index contributed by atoms with van der Waals surface area (Å²) < 4.78 is 10.7. The van der Waals surface area contributed by atoms with Gasteiger partial charge in [0, 0.05) is 19.1 Å². The van der Waals surface area contributed by atoms with Crippen molar-refractivity contribution in [3.8, 4) is 0 Å². The van der Waals surface area contributed by atoms with Crippen molar-refractivity contribution in [1.29, 1.82) is 0 Å². The molecule has 1 amide bonds. The van der Waals surface area contributed by atoms with Crippen molar-refractivity contribution in [1.82, 2.24) is 4.90 Å². The maximum Gasteiger partial charge on any atom is 0.254 e. The quantitative estimate of drug-likeness (QED) is 0.747. The molecule has 1 saturated carbocycles. The van der Waals surface area contributed by atoms with Gasteiger partial charge in [-0.05, 0) is 12.8 Å². The summed E-state index contributed by atoms with van der Waals surface area (Å²) in [6.07, 6.45) is 3.88. The number of rotatable bonds is 2. The molecule has 0 aromatic heterocycles. The van der Waals surface area contributed by atoms with Crippen LogP contribution in [0.1, 0.15) is 25.7 Å². The van der Waals surface area contributed by atoms with Gasteiger partial charge in [0.2, 0.25) is 0 Å². The number of amides is 1. The number of carbonyl (C=O) groups excluding carboxylic acids is 1. The van der Waals surface area contributed by atoms with E-state index in [0.29, 0.717) is 19.8 Å². The lowest BCUT2D eigenvalue weighted by Crippen LogP contribution is -2.54. The van der Waals surface area contributed by atoms with Crippen LogP contribution in [0.3, 0.4) is 0 Å². The van der Waals surface area contributed by atoms with Crippen LogP contribution >= 0.6 is 0 Å². The lowest BCUT2D eigenvalue weighted by atomic mass is 9.90. The third kappa shape index (κ3) is 2.97. The molecule has 0 spiro atoms. The molecule has 2 N–H and O–H groups in total. The normalized spacial score (nSPS) is 34.4. The molecule has 1 heterocycles. The third-order valence-corrected chi connectivity index (χ3v) is 3.72. The second-order valence-corrected chi connectivity index (χ2v) is 4.90. The van der Waals surface area contributed by atoms with Crippen LogP contribution in [-0.4, -0.2) is 55.9 Å². The number of hydrogen-bond acceptors (Lipinski definition) is 4.